The number of nitrogens with one attached hydrogen (secondary N) is 2. The summed E-state index contributed by atoms with van der Waals surface area (Å²) < 4.78 is 0. The number of halogens is 1. The molecule has 6 heteroatoms. The molecule has 0 aliphatic carbocycles. The summed E-state index contributed by atoms with van der Waals surface area (Å²) in [6.45, 7) is 8.27. The Kier molecular flexibility index (Phi) is 7.16. The molecule has 0 aromatic heterocycles. The lowest BCUT2D eigenvalue weighted by molar-refractivity contribution is -0.121. The molecule has 5 nitrogen and oxygen atoms in total. The molecule has 1 atom stereocenters. The van der Waals surface area contributed by atoms with E-state index in [0.29, 0.717) is 17.8 Å². The minimum atomic E-state index is -0.347. The number of carbonyl (C=O) groups is 2. The molecule has 1 heterocycles. The smallest absolute Gasteiger partial charge is 0.253 e. The normalized spacial score (nSPS) is 17.4. The minimum absolute atomic E-state index is 0.0354. The van der Waals surface area contributed by atoms with Crippen LogP contribution in [0.1, 0.15) is 49.5 Å². The van der Waals surface area contributed by atoms with Gasteiger partial charge in [0.15, 0.2) is 0 Å². The number of hydrogen-bond acceptors (Lipinski definition) is 3. The summed E-state index contributed by atoms with van der Waals surface area (Å²) in [6, 6.07) is 15.0. The van der Waals surface area contributed by atoms with Gasteiger partial charge in [-0.15, -0.1) is 0 Å². The maximum atomic E-state index is 13.0. The fraction of sp³-hybridized carbons (Fsp3) is 0.417. The number of nitrogens with zero attached hydrogens (tertiary/aromatic N) is 1. The molecule has 1 unspecified atom stereocenters. The Hall–Kier alpha value is -2.37. The van der Waals surface area contributed by atoms with Crippen molar-refractivity contribution in [2.45, 2.75) is 45.7 Å². The third kappa shape index (κ3) is 6.31. The molecule has 1 saturated heterocycles. The lowest BCUT2D eigenvalue weighted by Crippen LogP contribution is -2.42. The number of likely N-dealkylation sites (tertiary alicyclic amines) is 1. The summed E-state index contributed by atoms with van der Waals surface area (Å²) in [5.41, 5.74) is 1.87. The van der Waals surface area contributed by atoms with E-state index >= 15 is 0 Å². The Morgan fingerprint density at radius 2 is 1.80 bits per heavy atom. The Balaban J connectivity index is 1.64. The highest BCUT2D eigenvalue weighted by Crippen LogP contribution is 2.23. The quantitative estimate of drug-likeness (QED) is 0.725. The molecule has 0 bridgehead atoms. The van der Waals surface area contributed by atoms with E-state index in [1.165, 1.54) is 5.56 Å². The number of piperidine rings is 1. The molecule has 2 aromatic rings. The van der Waals surface area contributed by atoms with E-state index in [0.717, 1.165) is 31.0 Å². The molecular formula is C24H30ClN3O2. The average Bonchev–Trinajstić information content (AvgIpc) is 2.69. The molecule has 3 rings (SSSR count). The summed E-state index contributed by atoms with van der Waals surface area (Å²) in [7, 11) is 0. The molecule has 0 saturated carbocycles. The zero-order chi connectivity index (χ0) is 21.7. The second-order valence-corrected chi connectivity index (χ2v) is 9.38. The number of amides is 2. The summed E-state index contributed by atoms with van der Waals surface area (Å²) in [4.78, 5) is 27.9. The van der Waals surface area contributed by atoms with Crippen LogP contribution in [0.3, 0.4) is 0 Å². The van der Waals surface area contributed by atoms with Gasteiger partial charge in [0.1, 0.15) is 0 Å². The van der Waals surface area contributed by atoms with Gasteiger partial charge in [-0.25, -0.2) is 0 Å². The molecule has 0 spiro atoms. The molecular weight excluding hydrogens is 398 g/mol. The van der Waals surface area contributed by atoms with Gasteiger partial charge in [0.25, 0.3) is 5.91 Å². The number of para-hydroxylation sites is 1. The molecule has 2 aromatic carbocycles. The van der Waals surface area contributed by atoms with Crippen molar-refractivity contribution in [3.8, 4) is 0 Å². The van der Waals surface area contributed by atoms with E-state index in [9.17, 15) is 9.59 Å². The standard InChI is InChI=1S/C24H30ClN3O2/c1-24(2,3)27-23(30)20-8-4-5-9-21(20)26-22(29)18-7-6-14-28(16-18)15-17-10-12-19(25)13-11-17/h4-5,8-13,18H,6-7,14-16H2,1-3H3,(H,26,29)(H,27,30). The molecule has 1 aliphatic rings. The van der Waals surface area contributed by atoms with Crippen molar-refractivity contribution in [3.63, 3.8) is 0 Å². The van der Waals surface area contributed by atoms with Gasteiger partial charge in [-0.2, -0.15) is 0 Å². The molecule has 160 valence electrons. The molecule has 30 heavy (non-hydrogen) atoms. The lowest BCUT2D eigenvalue weighted by atomic mass is 9.96. The van der Waals surface area contributed by atoms with Crippen LogP contribution in [-0.2, 0) is 11.3 Å². The van der Waals surface area contributed by atoms with E-state index < -0.39 is 0 Å². The van der Waals surface area contributed by atoms with Crippen molar-refractivity contribution in [1.29, 1.82) is 0 Å². The first kappa shape index (κ1) is 22.3. The van der Waals surface area contributed by atoms with Gasteiger partial charge in [0.05, 0.1) is 17.2 Å². The van der Waals surface area contributed by atoms with Gasteiger partial charge in [-0.05, 0) is 70.0 Å². The van der Waals surface area contributed by atoms with Crippen molar-refractivity contribution >= 4 is 29.1 Å². The van der Waals surface area contributed by atoms with Gasteiger partial charge in [-0.3, -0.25) is 14.5 Å². The highest BCUT2D eigenvalue weighted by Gasteiger charge is 2.27. The SMILES string of the molecule is CC(C)(C)NC(=O)c1ccccc1NC(=O)C1CCCN(Cc2ccc(Cl)cc2)C1. The Bertz CT molecular complexity index is 890. The first-order valence-electron chi connectivity index (χ1n) is 10.4. The van der Waals surface area contributed by atoms with Crippen LogP contribution in [-0.4, -0.2) is 35.3 Å². The third-order valence-corrected chi connectivity index (χ3v) is 5.37. The van der Waals surface area contributed by atoms with Crippen LogP contribution in [0.15, 0.2) is 48.5 Å². The second-order valence-electron chi connectivity index (χ2n) is 8.94. The number of benzene rings is 2. The van der Waals surface area contributed by atoms with Crippen molar-refractivity contribution in [2.24, 2.45) is 5.92 Å². The van der Waals surface area contributed by atoms with Gasteiger partial charge < -0.3 is 10.6 Å². The largest absolute Gasteiger partial charge is 0.347 e. The van der Waals surface area contributed by atoms with Crippen LogP contribution in [0.2, 0.25) is 5.02 Å². The summed E-state index contributed by atoms with van der Waals surface area (Å²) in [5.74, 6) is -0.331. The summed E-state index contributed by atoms with van der Waals surface area (Å²) in [5, 5.41) is 6.68. The maximum absolute atomic E-state index is 13.0. The number of carbonyl (C=O) groups excluding carboxylic acids is 2. The second kappa shape index (κ2) is 9.63. The number of rotatable bonds is 5. The molecule has 1 fully saturated rings. The van der Waals surface area contributed by atoms with Gasteiger partial charge in [0.2, 0.25) is 5.91 Å². The summed E-state index contributed by atoms with van der Waals surface area (Å²) in [6.07, 6.45) is 1.82. The maximum Gasteiger partial charge on any atom is 0.253 e. The van der Waals surface area contributed by atoms with E-state index in [1.54, 1.807) is 12.1 Å². The fourth-order valence-corrected chi connectivity index (χ4v) is 3.82. The van der Waals surface area contributed by atoms with E-state index in [2.05, 4.69) is 15.5 Å². The van der Waals surface area contributed by atoms with Gasteiger partial charge in [0, 0.05) is 23.7 Å². The highest BCUT2D eigenvalue weighted by atomic mass is 35.5. The van der Waals surface area contributed by atoms with Gasteiger partial charge >= 0.3 is 0 Å². The van der Waals surface area contributed by atoms with Crippen molar-refractivity contribution in [2.75, 3.05) is 18.4 Å². The van der Waals surface area contributed by atoms with Gasteiger partial charge in [-0.1, -0.05) is 35.9 Å². The lowest BCUT2D eigenvalue weighted by Gasteiger charge is -2.32. The Morgan fingerprint density at radius 1 is 1.10 bits per heavy atom. The summed E-state index contributed by atoms with van der Waals surface area (Å²) >= 11 is 5.97. The molecule has 0 radical (unpaired) electrons. The van der Waals surface area contributed by atoms with Crippen LogP contribution in [0.25, 0.3) is 0 Å². The zero-order valence-electron chi connectivity index (χ0n) is 17.9. The van der Waals surface area contributed by atoms with Crippen LogP contribution < -0.4 is 10.6 Å². The van der Waals surface area contributed by atoms with E-state index in [1.807, 2.05) is 57.2 Å². The predicted octanol–water partition coefficient (Wildman–Crippen LogP) is 4.72. The average molecular weight is 428 g/mol. The van der Waals surface area contributed by atoms with Crippen LogP contribution >= 0.6 is 11.6 Å². The van der Waals surface area contributed by atoms with Crippen molar-refractivity contribution in [3.05, 3.63) is 64.7 Å². The molecule has 2 N–H and O–H groups in total. The minimum Gasteiger partial charge on any atom is -0.347 e. The highest BCUT2D eigenvalue weighted by molar-refractivity contribution is 6.30. The zero-order valence-corrected chi connectivity index (χ0v) is 18.6. The first-order chi connectivity index (χ1) is 14.2. The van der Waals surface area contributed by atoms with Crippen LogP contribution in [0, 0.1) is 5.92 Å². The first-order valence-corrected chi connectivity index (χ1v) is 10.8. The monoisotopic (exact) mass is 427 g/mol. The number of hydrogen-bond donors (Lipinski definition) is 2. The van der Waals surface area contributed by atoms with Crippen LogP contribution in [0.5, 0.6) is 0 Å². The van der Waals surface area contributed by atoms with E-state index in [-0.39, 0.29) is 23.3 Å². The van der Waals surface area contributed by atoms with Crippen molar-refractivity contribution < 1.29 is 9.59 Å². The van der Waals surface area contributed by atoms with Crippen molar-refractivity contribution in [1.82, 2.24) is 10.2 Å². The predicted molar refractivity (Wildman–Crippen MR) is 122 cm³/mol. The topological polar surface area (TPSA) is 61.4 Å². The molecule has 1 aliphatic heterocycles. The number of anilines is 1. The molecule has 2 amide bonds. The van der Waals surface area contributed by atoms with E-state index in [4.69, 9.17) is 11.6 Å². The Labute approximate surface area is 183 Å². The Morgan fingerprint density at radius 3 is 2.50 bits per heavy atom. The van der Waals surface area contributed by atoms with Crippen LogP contribution in [0.4, 0.5) is 5.69 Å². The fourth-order valence-electron chi connectivity index (χ4n) is 3.69. The third-order valence-electron chi connectivity index (χ3n) is 5.11.